The lowest BCUT2D eigenvalue weighted by molar-refractivity contribution is -0.121. The largest absolute Gasteiger partial charge is 0.496 e. The first kappa shape index (κ1) is 15.6. The summed E-state index contributed by atoms with van der Waals surface area (Å²) >= 11 is 0. The van der Waals surface area contributed by atoms with Crippen LogP contribution in [-0.2, 0) is 4.79 Å². The van der Waals surface area contributed by atoms with E-state index in [0.29, 0.717) is 0 Å². The Kier molecular flexibility index (Phi) is 5.43. The van der Waals surface area contributed by atoms with Gasteiger partial charge in [0.2, 0.25) is 5.91 Å². The van der Waals surface area contributed by atoms with Crippen LogP contribution < -0.4 is 10.1 Å². The fraction of sp³-hybridized carbons (Fsp3) is 0.500. The molecule has 1 aromatic carbocycles. The van der Waals surface area contributed by atoms with Crippen LogP contribution in [0.2, 0.25) is 0 Å². The maximum atomic E-state index is 12.3. The van der Waals surface area contributed by atoms with Gasteiger partial charge in [0.15, 0.2) is 0 Å². The number of anilines is 1. The van der Waals surface area contributed by atoms with Crippen LogP contribution in [0.25, 0.3) is 6.08 Å². The molecule has 1 amide bonds. The van der Waals surface area contributed by atoms with Gasteiger partial charge < -0.3 is 10.1 Å². The highest BCUT2D eigenvalue weighted by molar-refractivity contribution is 5.93. The number of rotatable bonds is 5. The van der Waals surface area contributed by atoms with Crippen LogP contribution in [0.5, 0.6) is 5.75 Å². The third kappa shape index (κ3) is 3.87. The highest BCUT2D eigenvalue weighted by Gasteiger charge is 2.25. The molecule has 1 aliphatic carbocycles. The van der Waals surface area contributed by atoms with Crippen LogP contribution in [0.15, 0.2) is 24.8 Å². The van der Waals surface area contributed by atoms with E-state index in [0.717, 1.165) is 35.8 Å². The van der Waals surface area contributed by atoms with Gasteiger partial charge in [0.05, 0.1) is 7.11 Å². The van der Waals surface area contributed by atoms with Gasteiger partial charge in [-0.1, -0.05) is 26.0 Å². The summed E-state index contributed by atoms with van der Waals surface area (Å²) in [7, 11) is 1.62. The van der Waals surface area contributed by atoms with E-state index >= 15 is 0 Å². The maximum Gasteiger partial charge on any atom is 0.227 e. The van der Waals surface area contributed by atoms with Gasteiger partial charge in [-0.25, -0.2) is 0 Å². The van der Waals surface area contributed by atoms with E-state index < -0.39 is 0 Å². The fourth-order valence-electron chi connectivity index (χ4n) is 3.03. The maximum absolute atomic E-state index is 12.3. The monoisotopic (exact) mass is 287 g/mol. The number of hydrogen-bond donors (Lipinski definition) is 1. The summed E-state index contributed by atoms with van der Waals surface area (Å²) in [5, 5.41) is 3.02. The molecule has 1 saturated carbocycles. The first-order chi connectivity index (χ1) is 10.2. The van der Waals surface area contributed by atoms with E-state index in [1.807, 2.05) is 18.2 Å². The van der Waals surface area contributed by atoms with Gasteiger partial charge >= 0.3 is 0 Å². The predicted molar refractivity (Wildman–Crippen MR) is 87.5 cm³/mol. The number of benzene rings is 1. The summed E-state index contributed by atoms with van der Waals surface area (Å²) in [6, 6.07) is 5.66. The van der Waals surface area contributed by atoms with Gasteiger partial charge in [-0.05, 0) is 43.7 Å². The molecule has 21 heavy (non-hydrogen) atoms. The first-order valence-corrected chi connectivity index (χ1v) is 7.79. The van der Waals surface area contributed by atoms with E-state index in [9.17, 15) is 4.79 Å². The van der Waals surface area contributed by atoms with E-state index in [4.69, 9.17) is 4.74 Å². The zero-order chi connectivity index (χ0) is 15.2. The van der Waals surface area contributed by atoms with Crippen LogP contribution in [0.3, 0.4) is 0 Å². The smallest absolute Gasteiger partial charge is 0.227 e. The normalized spacial score (nSPS) is 21.6. The Morgan fingerprint density at radius 1 is 1.38 bits per heavy atom. The zero-order valence-corrected chi connectivity index (χ0v) is 13.0. The number of methoxy groups -OCH3 is 1. The Hall–Kier alpha value is -1.77. The van der Waals surface area contributed by atoms with E-state index in [1.165, 1.54) is 19.3 Å². The molecule has 0 heterocycles. The topological polar surface area (TPSA) is 38.3 Å². The van der Waals surface area contributed by atoms with Crippen molar-refractivity contribution in [3.05, 3.63) is 30.3 Å². The SMILES string of the molecule is C=Cc1ccc(NC(=O)C2CCC(CC)CC2)cc1OC. The minimum atomic E-state index is 0.137. The van der Waals surface area contributed by atoms with Gasteiger partial charge in [0.25, 0.3) is 0 Å². The van der Waals surface area contributed by atoms with Crippen molar-refractivity contribution >= 4 is 17.7 Å². The molecule has 0 aromatic heterocycles. The lowest BCUT2D eigenvalue weighted by Gasteiger charge is -2.27. The average molecular weight is 287 g/mol. The number of hydrogen-bond acceptors (Lipinski definition) is 2. The second kappa shape index (κ2) is 7.30. The van der Waals surface area contributed by atoms with E-state index in [1.54, 1.807) is 13.2 Å². The van der Waals surface area contributed by atoms with Crippen LogP contribution in [0.1, 0.15) is 44.6 Å². The molecule has 1 fully saturated rings. The number of amides is 1. The number of carbonyl (C=O) groups is 1. The highest BCUT2D eigenvalue weighted by atomic mass is 16.5. The summed E-state index contributed by atoms with van der Waals surface area (Å²) in [5.74, 6) is 1.83. The molecule has 2 rings (SSSR count). The molecule has 1 aliphatic rings. The lowest BCUT2D eigenvalue weighted by atomic mass is 9.80. The fourth-order valence-corrected chi connectivity index (χ4v) is 3.03. The predicted octanol–water partition coefficient (Wildman–Crippen LogP) is 4.49. The summed E-state index contributed by atoms with van der Waals surface area (Å²) in [4.78, 5) is 12.3. The minimum absolute atomic E-state index is 0.137. The van der Waals surface area contributed by atoms with Gasteiger partial charge in [0, 0.05) is 23.2 Å². The van der Waals surface area contributed by atoms with E-state index in [-0.39, 0.29) is 11.8 Å². The summed E-state index contributed by atoms with van der Waals surface area (Å²) < 4.78 is 5.31. The van der Waals surface area contributed by atoms with Gasteiger partial charge in [-0.3, -0.25) is 4.79 Å². The Morgan fingerprint density at radius 3 is 2.67 bits per heavy atom. The summed E-state index contributed by atoms with van der Waals surface area (Å²) in [6.07, 6.45) is 7.34. The molecule has 0 spiro atoms. The molecule has 0 radical (unpaired) electrons. The van der Waals surface area contributed by atoms with Crippen molar-refractivity contribution in [2.24, 2.45) is 11.8 Å². The van der Waals surface area contributed by atoms with Crippen molar-refractivity contribution in [1.29, 1.82) is 0 Å². The quantitative estimate of drug-likeness (QED) is 0.866. The number of ether oxygens (including phenoxy) is 1. The third-order valence-electron chi connectivity index (χ3n) is 4.52. The van der Waals surface area contributed by atoms with Gasteiger partial charge in [0.1, 0.15) is 5.75 Å². The Morgan fingerprint density at radius 2 is 2.10 bits per heavy atom. The van der Waals surface area contributed by atoms with Crippen molar-refractivity contribution in [3.8, 4) is 5.75 Å². The molecule has 114 valence electrons. The molecule has 0 atom stereocenters. The molecule has 0 aliphatic heterocycles. The Bertz CT molecular complexity index is 502. The summed E-state index contributed by atoms with van der Waals surface area (Å²) in [5.41, 5.74) is 1.72. The number of nitrogens with one attached hydrogen (secondary N) is 1. The molecule has 3 heteroatoms. The minimum Gasteiger partial charge on any atom is -0.496 e. The van der Waals surface area contributed by atoms with E-state index in [2.05, 4.69) is 18.8 Å². The molecule has 0 saturated heterocycles. The number of carbonyl (C=O) groups excluding carboxylic acids is 1. The third-order valence-corrected chi connectivity index (χ3v) is 4.52. The van der Waals surface area contributed by atoms with Crippen LogP contribution in [0.4, 0.5) is 5.69 Å². The average Bonchev–Trinajstić information content (AvgIpc) is 2.54. The second-order valence-electron chi connectivity index (χ2n) is 5.78. The van der Waals surface area contributed by atoms with Crippen molar-refractivity contribution in [1.82, 2.24) is 0 Å². The van der Waals surface area contributed by atoms with Gasteiger partial charge in [-0.2, -0.15) is 0 Å². The van der Waals surface area contributed by atoms with Crippen molar-refractivity contribution in [2.45, 2.75) is 39.0 Å². The molecule has 0 bridgehead atoms. The van der Waals surface area contributed by atoms with Crippen LogP contribution in [0, 0.1) is 11.8 Å². The zero-order valence-electron chi connectivity index (χ0n) is 13.0. The molecule has 3 nitrogen and oxygen atoms in total. The first-order valence-electron chi connectivity index (χ1n) is 7.79. The Labute approximate surface area is 127 Å². The molecular weight excluding hydrogens is 262 g/mol. The molecule has 1 aromatic rings. The van der Waals surface area contributed by atoms with Crippen molar-refractivity contribution in [2.75, 3.05) is 12.4 Å². The second-order valence-corrected chi connectivity index (χ2v) is 5.78. The highest BCUT2D eigenvalue weighted by Crippen LogP contribution is 2.32. The van der Waals surface area contributed by atoms with Crippen molar-refractivity contribution < 1.29 is 9.53 Å². The van der Waals surface area contributed by atoms with Gasteiger partial charge in [-0.15, -0.1) is 0 Å². The Balaban J connectivity index is 1.98. The molecule has 1 N–H and O–H groups in total. The van der Waals surface area contributed by atoms with Crippen molar-refractivity contribution in [3.63, 3.8) is 0 Å². The van der Waals surface area contributed by atoms with Crippen LogP contribution in [-0.4, -0.2) is 13.0 Å². The molecular formula is C18H25NO2. The standard InChI is InChI=1S/C18H25NO2/c1-4-13-6-8-15(9-7-13)18(20)19-16-11-10-14(5-2)17(12-16)21-3/h5,10-13,15H,2,4,6-9H2,1,3H3,(H,19,20). The lowest BCUT2D eigenvalue weighted by Crippen LogP contribution is -2.27. The molecule has 0 unspecified atom stereocenters. The summed E-state index contributed by atoms with van der Waals surface area (Å²) in [6.45, 7) is 5.99. The van der Waals surface area contributed by atoms with Crippen LogP contribution >= 0.6 is 0 Å².